The Hall–Kier alpha value is -5.21. The van der Waals surface area contributed by atoms with E-state index in [9.17, 15) is 19.8 Å². The van der Waals surface area contributed by atoms with Crippen LogP contribution in [0.2, 0.25) is 0 Å². The van der Waals surface area contributed by atoms with E-state index in [2.05, 4.69) is 4.98 Å². The fourth-order valence-electron chi connectivity index (χ4n) is 4.88. The molecule has 0 saturated carbocycles. The monoisotopic (exact) mass is 560 g/mol. The second kappa shape index (κ2) is 10.7. The number of nitrogens with zero attached hydrogens (tertiary/aromatic N) is 2. The van der Waals surface area contributed by atoms with E-state index in [-0.39, 0.29) is 17.0 Å². The minimum absolute atomic E-state index is 0.0959. The third kappa shape index (κ3) is 4.85. The summed E-state index contributed by atoms with van der Waals surface area (Å²) in [7, 11) is 0. The van der Waals surface area contributed by atoms with E-state index in [1.807, 2.05) is 60.7 Å². The zero-order valence-corrected chi connectivity index (χ0v) is 22.7. The molecule has 1 atom stereocenters. The Kier molecular flexibility index (Phi) is 6.83. The van der Waals surface area contributed by atoms with E-state index in [0.29, 0.717) is 32.6 Å². The second-order valence-corrected chi connectivity index (χ2v) is 10.4. The van der Waals surface area contributed by atoms with Crippen molar-refractivity contribution in [2.24, 2.45) is 0 Å². The lowest BCUT2D eigenvalue weighted by Gasteiger charge is -2.27. The van der Waals surface area contributed by atoms with Crippen LogP contribution in [0.3, 0.4) is 0 Å². The van der Waals surface area contributed by atoms with E-state index >= 15 is 0 Å². The summed E-state index contributed by atoms with van der Waals surface area (Å²) in [6.07, 6.45) is 0. The molecule has 7 nitrogen and oxygen atoms in total. The number of benzene rings is 4. The molecule has 2 N–H and O–H groups in total. The summed E-state index contributed by atoms with van der Waals surface area (Å²) in [5.74, 6) is -1.04. The summed E-state index contributed by atoms with van der Waals surface area (Å²) in [5.41, 5.74) is 1.94. The molecule has 6 rings (SSSR count). The molecule has 0 radical (unpaired) electrons. The van der Waals surface area contributed by atoms with Gasteiger partial charge < -0.3 is 14.9 Å². The SMILES string of the molecule is Cc1nc(-c2ccccc2)sc1C(=O)C1=C(O)C(=O)N(c2ccccc2O)C1c1cccc(Oc2ccccc2)c1. The van der Waals surface area contributed by atoms with Gasteiger partial charge in [-0.1, -0.05) is 72.8 Å². The Labute approximate surface area is 240 Å². The molecule has 8 heteroatoms. The van der Waals surface area contributed by atoms with Gasteiger partial charge in [-0.25, -0.2) is 4.98 Å². The first kappa shape index (κ1) is 26.0. The van der Waals surface area contributed by atoms with Crippen molar-refractivity contribution in [2.75, 3.05) is 4.90 Å². The average Bonchev–Trinajstić information content (AvgIpc) is 3.51. The van der Waals surface area contributed by atoms with Crippen LogP contribution in [0.25, 0.3) is 10.6 Å². The Morgan fingerprint density at radius 3 is 2.24 bits per heavy atom. The fraction of sp³-hybridized carbons (Fsp3) is 0.0606. The molecule has 1 amide bonds. The van der Waals surface area contributed by atoms with Gasteiger partial charge in [-0.3, -0.25) is 14.5 Å². The molecule has 4 aromatic carbocycles. The number of anilines is 1. The summed E-state index contributed by atoms with van der Waals surface area (Å²) in [6, 6.07) is 31.0. The van der Waals surface area contributed by atoms with Crippen LogP contribution < -0.4 is 9.64 Å². The summed E-state index contributed by atoms with van der Waals surface area (Å²) >= 11 is 1.20. The van der Waals surface area contributed by atoms with Gasteiger partial charge in [0, 0.05) is 5.56 Å². The van der Waals surface area contributed by atoms with Gasteiger partial charge in [0.2, 0.25) is 5.78 Å². The van der Waals surface area contributed by atoms with Gasteiger partial charge >= 0.3 is 0 Å². The maximum Gasteiger partial charge on any atom is 0.294 e. The number of aryl methyl sites for hydroxylation is 1. The number of aromatic hydroxyl groups is 1. The molecule has 202 valence electrons. The van der Waals surface area contributed by atoms with Crippen molar-refractivity contribution in [2.45, 2.75) is 13.0 Å². The number of hydrogen-bond acceptors (Lipinski definition) is 7. The van der Waals surface area contributed by atoms with Crippen LogP contribution >= 0.6 is 11.3 Å². The van der Waals surface area contributed by atoms with Gasteiger partial charge in [0.25, 0.3) is 5.91 Å². The molecular formula is C33H24N2O5S. The van der Waals surface area contributed by atoms with Crippen LogP contribution in [0, 0.1) is 6.92 Å². The van der Waals surface area contributed by atoms with Crippen molar-refractivity contribution in [1.29, 1.82) is 0 Å². The number of aromatic nitrogens is 1. The minimum Gasteiger partial charge on any atom is -0.506 e. The fourth-order valence-corrected chi connectivity index (χ4v) is 5.90. The van der Waals surface area contributed by atoms with E-state index in [0.717, 1.165) is 5.56 Å². The van der Waals surface area contributed by atoms with Gasteiger partial charge in [0.1, 0.15) is 22.3 Å². The maximum absolute atomic E-state index is 14.2. The number of carbonyl (C=O) groups is 2. The molecule has 41 heavy (non-hydrogen) atoms. The Morgan fingerprint density at radius 1 is 0.854 bits per heavy atom. The number of phenols is 1. The van der Waals surface area contributed by atoms with E-state index < -0.39 is 23.5 Å². The van der Waals surface area contributed by atoms with Crippen LogP contribution in [0.1, 0.15) is 27.0 Å². The van der Waals surface area contributed by atoms with Crippen molar-refractivity contribution in [3.63, 3.8) is 0 Å². The number of ketones is 1. The number of phenolic OH excluding ortho intramolecular Hbond substituents is 1. The molecule has 0 bridgehead atoms. The van der Waals surface area contributed by atoms with Crippen LogP contribution in [0.5, 0.6) is 17.2 Å². The van der Waals surface area contributed by atoms with Gasteiger partial charge in [0.15, 0.2) is 5.76 Å². The molecule has 0 aliphatic carbocycles. The van der Waals surface area contributed by atoms with E-state index in [1.54, 1.807) is 49.4 Å². The Morgan fingerprint density at radius 2 is 1.51 bits per heavy atom. The van der Waals surface area contributed by atoms with Crippen LogP contribution in [0.15, 0.2) is 121 Å². The Bertz CT molecular complexity index is 1800. The van der Waals surface area contributed by atoms with Crippen molar-refractivity contribution in [3.8, 4) is 27.8 Å². The summed E-state index contributed by atoms with van der Waals surface area (Å²) < 4.78 is 6.02. The third-order valence-corrected chi connectivity index (χ3v) is 7.98. The van der Waals surface area contributed by atoms with Crippen molar-refractivity contribution in [1.82, 2.24) is 4.98 Å². The standard InChI is InChI=1S/C33H24N2O5S/c1-20-31(41-32(34-20)21-11-4-2-5-12-21)29(37)27-28(35(33(39)30(27)38)25-17-8-9-18-26(25)36)22-13-10-16-24(19-22)40-23-14-6-3-7-15-23/h2-19,28,36,38H,1H3. The molecule has 1 aromatic heterocycles. The van der Waals surface area contributed by atoms with Crippen LogP contribution in [0.4, 0.5) is 5.69 Å². The molecule has 1 unspecified atom stereocenters. The number of thiazole rings is 1. The lowest BCUT2D eigenvalue weighted by molar-refractivity contribution is -0.117. The summed E-state index contributed by atoms with van der Waals surface area (Å²) in [6.45, 7) is 1.73. The Balaban J connectivity index is 1.46. The molecule has 1 aliphatic heterocycles. The van der Waals surface area contributed by atoms with E-state index in [1.165, 1.54) is 22.3 Å². The first-order chi connectivity index (χ1) is 19.9. The highest BCUT2D eigenvalue weighted by Crippen LogP contribution is 2.46. The van der Waals surface area contributed by atoms with Crippen molar-refractivity contribution in [3.05, 3.63) is 137 Å². The highest BCUT2D eigenvalue weighted by Gasteiger charge is 2.46. The zero-order chi connectivity index (χ0) is 28.5. The number of rotatable bonds is 7. The number of aliphatic hydroxyl groups is 1. The molecule has 0 saturated heterocycles. The lowest BCUT2D eigenvalue weighted by atomic mass is 9.94. The number of hydrogen-bond donors (Lipinski definition) is 2. The zero-order valence-electron chi connectivity index (χ0n) is 21.9. The number of amides is 1. The lowest BCUT2D eigenvalue weighted by Crippen LogP contribution is -2.31. The van der Waals surface area contributed by atoms with Gasteiger partial charge in [-0.05, 0) is 48.9 Å². The van der Waals surface area contributed by atoms with Crippen molar-refractivity contribution >= 4 is 28.7 Å². The summed E-state index contributed by atoms with van der Waals surface area (Å²) in [5, 5.41) is 22.6. The smallest absolute Gasteiger partial charge is 0.294 e. The first-order valence-corrected chi connectivity index (χ1v) is 13.7. The highest BCUT2D eigenvalue weighted by atomic mass is 32.1. The number of aliphatic hydroxyl groups excluding tert-OH is 1. The molecule has 0 fully saturated rings. The molecule has 0 spiro atoms. The molecule has 1 aliphatic rings. The quantitative estimate of drug-likeness (QED) is 0.201. The van der Waals surface area contributed by atoms with Gasteiger partial charge in [-0.15, -0.1) is 11.3 Å². The normalized spacial score (nSPS) is 14.9. The average molecular weight is 561 g/mol. The predicted octanol–water partition coefficient (Wildman–Crippen LogP) is 7.40. The minimum atomic E-state index is -1.04. The molecule has 2 heterocycles. The second-order valence-electron chi connectivity index (χ2n) is 9.44. The van der Waals surface area contributed by atoms with Crippen molar-refractivity contribution < 1.29 is 24.5 Å². The van der Waals surface area contributed by atoms with Crippen LogP contribution in [-0.2, 0) is 4.79 Å². The van der Waals surface area contributed by atoms with Gasteiger partial charge in [0.05, 0.1) is 27.9 Å². The first-order valence-electron chi connectivity index (χ1n) is 12.9. The molecular weight excluding hydrogens is 536 g/mol. The topological polar surface area (TPSA) is 100.0 Å². The predicted molar refractivity (Wildman–Crippen MR) is 158 cm³/mol. The number of ether oxygens (including phenoxy) is 1. The summed E-state index contributed by atoms with van der Waals surface area (Å²) in [4.78, 5) is 33.9. The number of Topliss-reactive ketones (excluding diaryl/α,β-unsaturated/α-hetero) is 1. The largest absolute Gasteiger partial charge is 0.506 e. The highest BCUT2D eigenvalue weighted by molar-refractivity contribution is 7.17. The molecule has 5 aromatic rings. The maximum atomic E-state index is 14.2. The number of para-hydroxylation sites is 3. The van der Waals surface area contributed by atoms with E-state index in [4.69, 9.17) is 4.74 Å². The van der Waals surface area contributed by atoms with Gasteiger partial charge in [-0.2, -0.15) is 0 Å². The van der Waals surface area contributed by atoms with Crippen LogP contribution in [-0.4, -0.2) is 26.9 Å². The number of carbonyl (C=O) groups excluding carboxylic acids is 2. The third-order valence-electron chi connectivity index (χ3n) is 6.77.